The summed E-state index contributed by atoms with van der Waals surface area (Å²) in [5.74, 6) is -0.257. The van der Waals surface area contributed by atoms with Gasteiger partial charge in [0.25, 0.3) is 5.91 Å². The first-order valence-corrected chi connectivity index (χ1v) is 6.91. The second kappa shape index (κ2) is 6.06. The molecule has 0 fully saturated rings. The van der Waals surface area contributed by atoms with Crippen LogP contribution in [0.3, 0.4) is 0 Å². The van der Waals surface area contributed by atoms with Crippen molar-refractivity contribution in [2.45, 2.75) is 0 Å². The predicted molar refractivity (Wildman–Crippen MR) is 78.9 cm³/mol. The second-order valence-corrected chi connectivity index (χ2v) is 5.16. The van der Waals surface area contributed by atoms with Gasteiger partial charge in [-0.15, -0.1) is 11.3 Å². The topological polar surface area (TPSA) is 66.6 Å². The molecule has 0 aliphatic rings. The van der Waals surface area contributed by atoms with Gasteiger partial charge in [-0.2, -0.15) is 0 Å². The van der Waals surface area contributed by atoms with Crippen LogP contribution in [-0.4, -0.2) is 24.2 Å². The highest BCUT2D eigenvalue weighted by Gasteiger charge is 2.22. The lowest BCUT2D eigenvalue weighted by Gasteiger charge is -2.22. The maximum absolute atomic E-state index is 12.5. The van der Waals surface area contributed by atoms with Gasteiger partial charge in [-0.05, 0) is 23.6 Å². The second-order valence-electron chi connectivity index (χ2n) is 3.84. The Balaban J connectivity index is 2.39. The number of thiophene rings is 1. The maximum atomic E-state index is 12.5. The highest BCUT2D eigenvalue weighted by Crippen LogP contribution is 2.28. The molecule has 0 radical (unpaired) electrons. The Hall–Kier alpha value is -1.56. The summed E-state index contributed by atoms with van der Waals surface area (Å²) in [4.78, 5) is 14.3. The van der Waals surface area contributed by atoms with Gasteiger partial charge in [-0.25, -0.2) is 0 Å². The number of para-hydroxylation sites is 2. The molecule has 0 saturated heterocycles. The third kappa shape index (κ3) is 2.89. The Bertz CT molecular complexity index is 586. The Morgan fingerprint density at radius 2 is 2.11 bits per heavy atom. The molecule has 2 aromatic rings. The van der Waals surface area contributed by atoms with Gasteiger partial charge in [0.2, 0.25) is 0 Å². The summed E-state index contributed by atoms with van der Waals surface area (Å²) >= 11 is 7.24. The van der Waals surface area contributed by atoms with E-state index in [0.29, 0.717) is 21.3 Å². The molecule has 2 rings (SSSR count). The van der Waals surface area contributed by atoms with Crippen molar-refractivity contribution in [3.8, 4) is 0 Å². The summed E-state index contributed by atoms with van der Waals surface area (Å²) < 4.78 is 0. The number of hydrogen-bond acceptors (Lipinski definition) is 4. The highest BCUT2D eigenvalue weighted by atomic mass is 35.5. The standard InChI is InChI=1S/C13H13ClN2O2S/c14-9-5-8-19-12(9)13(18)16(6-7-17)11-4-2-1-3-10(11)15/h1-5,8,17H,6-7,15H2. The molecule has 0 bridgehead atoms. The molecule has 0 aliphatic heterocycles. The molecule has 1 aromatic carbocycles. The summed E-state index contributed by atoms with van der Waals surface area (Å²) in [6, 6.07) is 8.70. The van der Waals surface area contributed by atoms with Crippen molar-refractivity contribution in [3.05, 3.63) is 45.6 Å². The lowest BCUT2D eigenvalue weighted by Crippen LogP contribution is -2.33. The molecule has 19 heavy (non-hydrogen) atoms. The number of carbonyl (C=O) groups is 1. The first-order valence-electron chi connectivity index (χ1n) is 5.65. The maximum Gasteiger partial charge on any atom is 0.270 e. The number of nitrogen functional groups attached to an aromatic ring is 1. The third-order valence-electron chi connectivity index (χ3n) is 2.61. The summed E-state index contributed by atoms with van der Waals surface area (Å²) in [6.07, 6.45) is 0. The predicted octanol–water partition coefficient (Wildman–Crippen LogP) is 2.62. The van der Waals surface area contributed by atoms with E-state index in [9.17, 15) is 4.79 Å². The SMILES string of the molecule is Nc1ccccc1N(CCO)C(=O)c1sccc1Cl. The van der Waals surface area contributed by atoms with E-state index in [1.54, 1.807) is 35.7 Å². The number of halogens is 1. The Labute approximate surface area is 120 Å². The van der Waals surface area contributed by atoms with Crippen LogP contribution in [0.2, 0.25) is 5.02 Å². The van der Waals surface area contributed by atoms with Crippen LogP contribution in [0.15, 0.2) is 35.7 Å². The number of aliphatic hydroxyl groups excluding tert-OH is 1. The Kier molecular flexibility index (Phi) is 4.42. The molecular formula is C13H13ClN2O2S. The van der Waals surface area contributed by atoms with Crippen molar-refractivity contribution >= 4 is 40.2 Å². The van der Waals surface area contributed by atoms with Crippen LogP contribution >= 0.6 is 22.9 Å². The zero-order valence-electron chi connectivity index (χ0n) is 10.0. The Morgan fingerprint density at radius 3 is 2.68 bits per heavy atom. The normalized spacial score (nSPS) is 10.4. The molecule has 1 heterocycles. The molecular weight excluding hydrogens is 284 g/mol. The average Bonchev–Trinajstić information content (AvgIpc) is 2.82. The largest absolute Gasteiger partial charge is 0.397 e. The third-order valence-corrected chi connectivity index (χ3v) is 3.94. The highest BCUT2D eigenvalue weighted by molar-refractivity contribution is 7.12. The van der Waals surface area contributed by atoms with Gasteiger partial charge >= 0.3 is 0 Å². The van der Waals surface area contributed by atoms with Crippen molar-refractivity contribution in [2.75, 3.05) is 23.8 Å². The van der Waals surface area contributed by atoms with Crippen LogP contribution < -0.4 is 10.6 Å². The van der Waals surface area contributed by atoms with Crippen molar-refractivity contribution in [1.82, 2.24) is 0 Å². The van der Waals surface area contributed by atoms with Gasteiger partial charge in [-0.3, -0.25) is 4.79 Å². The van der Waals surface area contributed by atoms with Crippen molar-refractivity contribution < 1.29 is 9.90 Å². The van der Waals surface area contributed by atoms with E-state index in [4.69, 9.17) is 22.4 Å². The number of nitrogens with two attached hydrogens (primary N) is 1. The van der Waals surface area contributed by atoms with Crippen LogP contribution in [0.5, 0.6) is 0 Å². The van der Waals surface area contributed by atoms with E-state index in [0.717, 1.165) is 0 Å². The minimum atomic E-state index is -0.257. The fourth-order valence-corrected chi connectivity index (χ4v) is 2.82. The number of rotatable bonds is 4. The van der Waals surface area contributed by atoms with Crippen molar-refractivity contribution in [3.63, 3.8) is 0 Å². The monoisotopic (exact) mass is 296 g/mol. The number of nitrogens with zero attached hydrogens (tertiary/aromatic N) is 1. The smallest absolute Gasteiger partial charge is 0.270 e. The van der Waals surface area contributed by atoms with Gasteiger partial charge < -0.3 is 15.7 Å². The van der Waals surface area contributed by atoms with Crippen LogP contribution in [0.1, 0.15) is 9.67 Å². The number of amides is 1. The van der Waals surface area contributed by atoms with E-state index in [2.05, 4.69) is 0 Å². The van der Waals surface area contributed by atoms with Crippen LogP contribution in [-0.2, 0) is 0 Å². The molecule has 0 unspecified atom stereocenters. The fourth-order valence-electron chi connectivity index (χ4n) is 1.73. The Morgan fingerprint density at radius 1 is 1.37 bits per heavy atom. The number of benzene rings is 1. The molecule has 6 heteroatoms. The zero-order valence-corrected chi connectivity index (χ0v) is 11.6. The van der Waals surface area contributed by atoms with E-state index in [-0.39, 0.29) is 19.1 Å². The van der Waals surface area contributed by atoms with Crippen LogP contribution in [0, 0.1) is 0 Å². The number of aliphatic hydroxyl groups is 1. The lowest BCUT2D eigenvalue weighted by atomic mass is 10.2. The number of anilines is 2. The van der Waals surface area contributed by atoms with Gasteiger partial charge in [0, 0.05) is 6.54 Å². The van der Waals surface area contributed by atoms with Crippen LogP contribution in [0.25, 0.3) is 0 Å². The molecule has 0 aliphatic carbocycles. The molecule has 0 spiro atoms. The summed E-state index contributed by atoms with van der Waals surface area (Å²) in [7, 11) is 0. The van der Waals surface area contributed by atoms with E-state index < -0.39 is 0 Å². The van der Waals surface area contributed by atoms with Gasteiger partial charge in [0.15, 0.2) is 0 Å². The van der Waals surface area contributed by atoms with Gasteiger partial charge in [-0.1, -0.05) is 23.7 Å². The summed E-state index contributed by atoms with van der Waals surface area (Å²) in [6.45, 7) is 0.0182. The molecule has 3 N–H and O–H groups in total. The van der Waals surface area contributed by atoms with Gasteiger partial charge in [0.05, 0.1) is 23.0 Å². The van der Waals surface area contributed by atoms with E-state index >= 15 is 0 Å². The van der Waals surface area contributed by atoms with Crippen molar-refractivity contribution in [2.24, 2.45) is 0 Å². The number of carbonyl (C=O) groups excluding carboxylic acids is 1. The van der Waals surface area contributed by atoms with E-state index in [1.165, 1.54) is 16.2 Å². The average molecular weight is 297 g/mol. The fraction of sp³-hybridized carbons (Fsp3) is 0.154. The first-order chi connectivity index (χ1) is 9.15. The zero-order chi connectivity index (χ0) is 13.8. The van der Waals surface area contributed by atoms with E-state index in [1.807, 2.05) is 0 Å². The molecule has 100 valence electrons. The number of hydrogen-bond donors (Lipinski definition) is 2. The van der Waals surface area contributed by atoms with Crippen LogP contribution in [0.4, 0.5) is 11.4 Å². The first kappa shape index (κ1) is 13.9. The molecule has 4 nitrogen and oxygen atoms in total. The summed E-state index contributed by atoms with van der Waals surface area (Å²) in [5, 5.41) is 11.3. The minimum Gasteiger partial charge on any atom is -0.397 e. The molecule has 1 amide bonds. The molecule has 0 atom stereocenters. The molecule has 0 saturated carbocycles. The summed E-state index contributed by atoms with van der Waals surface area (Å²) in [5.41, 5.74) is 6.93. The van der Waals surface area contributed by atoms with Crippen molar-refractivity contribution in [1.29, 1.82) is 0 Å². The lowest BCUT2D eigenvalue weighted by molar-refractivity contribution is 0.0985. The molecule has 1 aromatic heterocycles. The minimum absolute atomic E-state index is 0.150. The quantitative estimate of drug-likeness (QED) is 0.852. The van der Waals surface area contributed by atoms with Gasteiger partial charge in [0.1, 0.15) is 4.88 Å².